The molecule has 0 aromatic heterocycles. The van der Waals surface area contributed by atoms with Gasteiger partial charge in [-0.1, -0.05) is 31.0 Å². The Balaban J connectivity index is 1.92. The molecule has 5 nitrogen and oxygen atoms in total. The molecule has 25 heavy (non-hydrogen) atoms. The van der Waals surface area contributed by atoms with E-state index in [0.29, 0.717) is 0 Å². The second kappa shape index (κ2) is 9.20. The first-order chi connectivity index (χ1) is 11.9. The number of nitrogens with zero attached hydrogens (tertiary/aromatic N) is 1. The summed E-state index contributed by atoms with van der Waals surface area (Å²) in [6, 6.07) is 7.36. The molecule has 4 atom stereocenters. The molecule has 140 valence electrons. The van der Waals surface area contributed by atoms with E-state index in [1.807, 2.05) is 50.1 Å². The minimum atomic E-state index is -0.244. The molecule has 1 aromatic carbocycles. The van der Waals surface area contributed by atoms with E-state index >= 15 is 0 Å². The molecule has 1 saturated carbocycles. The van der Waals surface area contributed by atoms with Gasteiger partial charge in [-0.15, -0.1) is 0 Å². The fraction of sp³-hybridized carbons (Fsp3) is 0.650. The minimum Gasteiger partial charge on any atom is -0.496 e. The van der Waals surface area contributed by atoms with E-state index < -0.39 is 0 Å². The summed E-state index contributed by atoms with van der Waals surface area (Å²) in [5, 5.41) is 13.2. The topological polar surface area (TPSA) is 61.8 Å². The second-order valence-corrected chi connectivity index (χ2v) is 7.20. The van der Waals surface area contributed by atoms with E-state index in [1.54, 1.807) is 7.11 Å². The maximum atomic E-state index is 12.6. The minimum absolute atomic E-state index is 0.00814. The van der Waals surface area contributed by atoms with Crippen LogP contribution in [0.25, 0.3) is 0 Å². The van der Waals surface area contributed by atoms with Crippen LogP contribution in [0.15, 0.2) is 24.3 Å². The Labute approximate surface area is 151 Å². The monoisotopic (exact) mass is 348 g/mol. The zero-order valence-corrected chi connectivity index (χ0v) is 15.9. The SMILES string of the molecule is COc1ccccc1C(C)NC(=O)C(C)N(C)CC1CCCCC1O. The van der Waals surface area contributed by atoms with Crippen LogP contribution >= 0.6 is 0 Å². The highest BCUT2D eigenvalue weighted by Crippen LogP contribution is 2.26. The Morgan fingerprint density at radius 3 is 2.68 bits per heavy atom. The number of benzene rings is 1. The summed E-state index contributed by atoms with van der Waals surface area (Å²) in [5.41, 5.74) is 0.968. The lowest BCUT2D eigenvalue weighted by Gasteiger charge is -2.33. The zero-order valence-electron chi connectivity index (χ0n) is 15.9. The van der Waals surface area contributed by atoms with Crippen molar-refractivity contribution in [1.29, 1.82) is 0 Å². The van der Waals surface area contributed by atoms with Gasteiger partial charge in [0.05, 0.1) is 25.3 Å². The lowest BCUT2D eigenvalue weighted by atomic mass is 9.86. The molecule has 5 heteroatoms. The highest BCUT2D eigenvalue weighted by atomic mass is 16.5. The van der Waals surface area contributed by atoms with Gasteiger partial charge in [-0.25, -0.2) is 0 Å². The van der Waals surface area contributed by atoms with E-state index in [4.69, 9.17) is 4.74 Å². The average Bonchev–Trinajstić information content (AvgIpc) is 2.62. The standard InChI is InChI=1S/C20H32N2O3/c1-14(17-10-6-8-12-19(17)25-4)21-20(24)15(2)22(3)13-16-9-5-7-11-18(16)23/h6,8,10,12,14-16,18,23H,5,7,9,11,13H2,1-4H3,(H,21,24). The van der Waals surface area contributed by atoms with Crippen molar-refractivity contribution in [2.75, 3.05) is 20.7 Å². The Bertz CT molecular complexity index is 564. The molecule has 0 heterocycles. The van der Waals surface area contributed by atoms with Gasteiger partial charge in [-0.05, 0) is 45.7 Å². The van der Waals surface area contributed by atoms with Crippen LogP contribution in [0, 0.1) is 5.92 Å². The molecular formula is C20H32N2O3. The average molecular weight is 348 g/mol. The number of likely N-dealkylation sites (N-methyl/N-ethyl adjacent to an activating group) is 1. The molecule has 0 saturated heterocycles. The van der Waals surface area contributed by atoms with Crippen LogP contribution in [0.2, 0.25) is 0 Å². The number of hydrogen-bond donors (Lipinski definition) is 2. The number of carbonyl (C=O) groups is 1. The molecular weight excluding hydrogens is 316 g/mol. The Morgan fingerprint density at radius 2 is 2.00 bits per heavy atom. The number of methoxy groups -OCH3 is 1. The third-order valence-corrected chi connectivity index (χ3v) is 5.40. The number of ether oxygens (including phenoxy) is 1. The molecule has 0 spiro atoms. The van der Waals surface area contributed by atoms with Gasteiger partial charge in [0.1, 0.15) is 5.75 Å². The molecule has 1 aliphatic carbocycles. The third kappa shape index (κ3) is 5.19. The smallest absolute Gasteiger partial charge is 0.237 e. The first-order valence-corrected chi connectivity index (χ1v) is 9.25. The van der Waals surface area contributed by atoms with Crippen LogP contribution in [-0.4, -0.2) is 48.8 Å². The number of hydrogen-bond acceptors (Lipinski definition) is 4. The van der Waals surface area contributed by atoms with Crippen LogP contribution in [0.3, 0.4) is 0 Å². The normalized spacial score (nSPS) is 23.1. The fourth-order valence-electron chi connectivity index (χ4n) is 3.57. The fourth-order valence-corrected chi connectivity index (χ4v) is 3.57. The lowest BCUT2D eigenvalue weighted by molar-refractivity contribution is -0.126. The highest BCUT2D eigenvalue weighted by molar-refractivity contribution is 5.81. The van der Waals surface area contributed by atoms with Gasteiger partial charge in [0.15, 0.2) is 0 Å². The largest absolute Gasteiger partial charge is 0.496 e. The Hall–Kier alpha value is -1.59. The molecule has 0 radical (unpaired) electrons. The molecule has 2 rings (SSSR count). The molecule has 0 aliphatic heterocycles. The van der Waals surface area contributed by atoms with E-state index in [2.05, 4.69) is 5.32 Å². The van der Waals surface area contributed by atoms with Crippen molar-refractivity contribution in [2.24, 2.45) is 5.92 Å². The maximum Gasteiger partial charge on any atom is 0.237 e. The van der Waals surface area contributed by atoms with Gasteiger partial charge in [0.25, 0.3) is 0 Å². The van der Waals surface area contributed by atoms with Crippen molar-refractivity contribution in [3.8, 4) is 5.75 Å². The molecule has 1 fully saturated rings. The van der Waals surface area contributed by atoms with E-state index in [-0.39, 0.29) is 30.0 Å². The summed E-state index contributed by atoms with van der Waals surface area (Å²) in [5.74, 6) is 1.04. The van der Waals surface area contributed by atoms with Gasteiger partial charge >= 0.3 is 0 Å². The summed E-state index contributed by atoms with van der Waals surface area (Å²) in [4.78, 5) is 14.7. The Kier molecular flexibility index (Phi) is 7.26. The number of carbonyl (C=O) groups excluding carboxylic acids is 1. The van der Waals surface area contributed by atoms with E-state index in [0.717, 1.165) is 37.1 Å². The molecule has 4 unspecified atom stereocenters. The number of amides is 1. The second-order valence-electron chi connectivity index (χ2n) is 7.20. The van der Waals surface area contributed by atoms with Crippen LogP contribution < -0.4 is 10.1 Å². The van der Waals surface area contributed by atoms with Gasteiger partial charge in [0.2, 0.25) is 5.91 Å². The molecule has 1 aromatic rings. The number of aliphatic hydroxyl groups excluding tert-OH is 1. The molecule has 2 N–H and O–H groups in total. The zero-order chi connectivity index (χ0) is 18.4. The molecule has 0 bridgehead atoms. The first-order valence-electron chi connectivity index (χ1n) is 9.25. The van der Waals surface area contributed by atoms with E-state index in [9.17, 15) is 9.90 Å². The van der Waals surface area contributed by atoms with Gasteiger partial charge in [0, 0.05) is 12.1 Å². The molecule has 1 amide bonds. The van der Waals surface area contributed by atoms with Gasteiger partial charge in [-0.3, -0.25) is 9.69 Å². The van der Waals surface area contributed by atoms with Crippen molar-refractivity contribution >= 4 is 5.91 Å². The molecule has 1 aliphatic rings. The number of aliphatic hydroxyl groups is 1. The first kappa shape index (κ1) is 19.7. The summed E-state index contributed by atoms with van der Waals surface area (Å²) in [7, 11) is 3.60. The summed E-state index contributed by atoms with van der Waals surface area (Å²) >= 11 is 0. The van der Waals surface area contributed by atoms with Crippen LogP contribution in [0.1, 0.15) is 51.1 Å². The van der Waals surface area contributed by atoms with Gasteiger partial charge < -0.3 is 15.2 Å². The predicted molar refractivity (Wildman–Crippen MR) is 99.6 cm³/mol. The summed E-state index contributed by atoms with van der Waals surface area (Å²) in [6.07, 6.45) is 3.95. The van der Waals surface area contributed by atoms with Crippen LogP contribution in [0.4, 0.5) is 0 Å². The summed E-state index contributed by atoms with van der Waals surface area (Å²) < 4.78 is 5.38. The quantitative estimate of drug-likeness (QED) is 0.795. The number of nitrogens with one attached hydrogen (secondary N) is 1. The number of para-hydroxylation sites is 1. The van der Waals surface area contributed by atoms with Crippen molar-refractivity contribution < 1.29 is 14.6 Å². The van der Waals surface area contributed by atoms with Crippen molar-refractivity contribution in [3.05, 3.63) is 29.8 Å². The maximum absolute atomic E-state index is 12.6. The number of rotatable bonds is 7. The summed E-state index contributed by atoms with van der Waals surface area (Å²) in [6.45, 7) is 4.63. The van der Waals surface area contributed by atoms with Crippen molar-refractivity contribution in [2.45, 2.75) is 57.7 Å². The van der Waals surface area contributed by atoms with Crippen molar-refractivity contribution in [3.63, 3.8) is 0 Å². The van der Waals surface area contributed by atoms with E-state index in [1.165, 1.54) is 6.42 Å². The van der Waals surface area contributed by atoms with Gasteiger partial charge in [-0.2, -0.15) is 0 Å². The Morgan fingerprint density at radius 1 is 1.32 bits per heavy atom. The van der Waals surface area contributed by atoms with Crippen LogP contribution in [0.5, 0.6) is 5.75 Å². The van der Waals surface area contributed by atoms with Crippen LogP contribution in [-0.2, 0) is 4.79 Å². The van der Waals surface area contributed by atoms with Crippen molar-refractivity contribution in [1.82, 2.24) is 10.2 Å². The highest BCUT2D eigenvalue weighted by Gasteiger charge is 2.28. The third-order valence-electron chi connectivity index (χ3n) is 5.40. The lowest BCUT2D eigenvalue weighted by Crippen LogP contribution is -2.47. The predicted octanol–water partition coefficient (Wildman–Crippen LogP) is 2.74.